The molecule has 18 heavy (non-hydrogen) atoms. The van der Waals surface area contributed by atoms with Crippen LogP contribution in [-0.4, -0.2) is 25.2 Å². The highest BCUT2D eigenvalue weighted by atomic mass is 127. The summed E-state index contributed by atoms with van der Waals surface area (Å²) in [6.45, 7) is 13.6. The SMILES string of the molecule is Cc1cc2c(cc1I)N(C(C)C)CCN2C(C)C. The molecule has 0 saturated heterocycles. The monoisotopic (exact) mass is 358 g/mol. The van der Waals surface area contributed by atoms with Crippen LogP contribution in [0.25, 0.3) is 0 Å². The Hall–Kier alpha value is -0.450. The van der Waals surface area contributed by atoms with Gasteiger partial charge in [-0.25, -0.2) is 0 Å². The van der Waals surface area contributed by atoms with Crippen molar-refractivity contribution >= 4 is 34.0 Å². The van der Waals surface area contributed by atoms with E-state index in [-0.39, 0.29) is 0 Å². The molecule has 0 aliphatic carbocycles. The first-order valence-corrected chi connectivity index (χ1v) is 7.83. The Morgan fingerprint density at radius 2 is 1.39 bits per heavy atom. The third-order valence-corrected chi connectivity index (χ3v) is 4.87. The van der Waals surface area contributed by atoms with E-state index in [1.165, 1.54) is 20.5 Å². The van der Waals surface area contributed by atoms with Gasteiger partial charge in [0, 0.05) is 28.7 Å². The van der Waals surface area contributed by atoms with Gasteiger partial charge in [-0.1, -0.05) is 0 Å². The first kappa shape index (κ1) is 14.0. The minimum absolute atomic E-state index is 0.566. The summed E-state index contributed by atoms with van der Waals surface area (Å²) in [6.07, 6.45) is 0. The second-order valence-corrected chi connectivity index (χ2v) is 6.83. The molecule has 1 aromatic carbocycles. The van der Waals surface area contributed by atoms with E-state index in [0.29, 0.717) is 12.1 Å². The maximum atomic E-state index is 2.53. The molecule has 100 valence electrons. The van der Waals surface area contributed by atoms with Crippen LogP contribution in [0.3, 0.4) is 0 Å². The van der Waals surface area contributed by atoms with Crippen LogP contribution in [0, 0.1) is 10.5 Å². The van der Waals surface area contributed by atoms with E-state index in [0.717, 1.165) is 13.1 Å². The van der Waals surface area contributed by atoms with Gasteiger partial charge in [0.05, 0.1) is 11.4 Å². The minimum atomic E-state index is 0.566. The van der Waals surface area contributed by atoms with Crippen molar-refractivity contribution in [2.24, 2.45) is 0 Å². The molecule has 3 heteroatoms. The number of anilines is 2. The van der Waals surface area contributed by atoms with Gasteiger partial charge < -0.3 is 9.80 Å². The quantitative estimate of drug-likeness (QED) is 0.737. The molecule has 0 unspecified atom stereocenters. The average Bonchev–Trinajstić information content (AvgIpc) is 2.28. The van der Waals surface area contributed by atoms with Crippen molar-refractivity contribution in [1.82, 2.24) is 0 Å². The second kappa shape index (κ2) is 5.27. The number of aryl methyl sites for hydroxylation is 1. The molecule has 0 saturated carbocycles. The van der Waals surface area contributed by atoms with E-state index in [9.17, 15) is 0 Å². The summed E-state index contributed by atoms with van der Waals surface area (Å²) in [5.74, 6) is 0. The van der Waals surface area contributed by atoms with E-state index >= 15 is 0 Å². The van der Waals surface area contributed by atoms with Gasteiger partial charge in [-0.05, 0) is 74.9 Å². The summed E-state index contributed by atoms with van der Waals surface area (Å²) in [6, 6.07) is 5.83. The van der Waals surface area contributed by atoms with Crippen LogP contribution in [0.2, 0.25) is 0 Å². The summed E-state index contributed by atoms with van der Waals surface area (Å²) in [7, 11) is 0. The molecular weight excluding hydrogens is 335 g/mol. The third kappa shape index (κ3) is 2.46. The normalized spacial score (nSPS) is 15.6. The van der Waals surface area contributed by atoms with Crippen molar-refractivity contribution in [2.75, 3.05) is 22.9 Å². The van der Waals surface area contributed by atoms with E-state index in [4.69, 9.17) is 0 Å². The summed E-state index contributed by atoms with van der Waals surface area (Å²) in [4.78, 5) is 5.05. The zero-order valence-corrected chi connectivity index (χ0v) is 14.2. The molecule has 0 aromatic heterocycles. The Morgan fingerprint density at radius 3 is 1.83 bits per heavy atom. The first-order chi connectivity index (χ1) is 8.41. The number of hydrogen-bond donors (Lipinski definition) is 0. The summed E-state index contributed by atoms with van der Waals surface area (Å²) in [5.41, 5.74) is 4.19. The molecule has 0 N–H and O–H groups in total. The van der Waals surface area contributed by atoms with E-state index < -0.39 is 0 Å². The van der Waals surface area contributed by atoms with Crippen LogP contribution in [0.5, 0.6) is 0 Å². The van der Waals surface area contributed by atoms with Gasteiger partial charge in [-0.2, -0.15) is 0 Å². The maximum Gasteiger partial charge on any atom is 0.0617 e. The predicted octanol–water partition coefficient (Wildman–Crippen LogP) is 4.04. The van der Waals surface area contributed by atoms with Crippen LogP contribution in [0.15, 0.2) is 12.1 Å². The van der Waals surface area contributed by atoms with Gasteiger partial charge in [0.1, 0.15) is 0 Å². The molecule has 0 radical (unpaired) electrons. The second-order valence-electron chi connectivity index (χ2n) is 5.66. The van der Waals surface area contributed by atoms with Crippen molar-refractivity contribution in [1.29, 1.82) is 0 Å². The van der Waals surface area contributed by atoms with Crippen molar-refractivity contribution in [2.45, 2.75) is 46.7 Å². The number of nitrogens with zero attached hydrogens (tertiary/aromatic N) is 2. The fourth-order valence-electron chi connectivity index (χ4n) is 2.64. The number of rotatable bonds is 2. The molecule has 0 fully saturated rings. The Bertz CT molecular complexity index is 399. The Balaban J connectivity index is 2.53. The molecule has 1 aliphatic heterocycles. The molecule has 1 aliphatic rings. The Morgan fingerprint density at radius 1 is 0.944 bits per heavy atom. The highest BCUT2D eigenvalue weighted by molar-refractivity contribution is 14.1. The van der Waals surface area contributed by atoms with Crippen LogP contribution >= 0.6 is 22.6 Å². The summed E-state index contributed by atoms with van der Waals surface area (Å²) < 4.78 is 1.36. The fraction of sp³-hybridized carbons (Fsp3) is 0.600. The smallest absolute Gasteiger partial charge is 0.0617 e. The lowest BCUT2D eigenvalue weighted by molar-refractivity contribution is 0.602. The van der Waals surface area contributed by atoms with Gasteiger partial charge in [-0.15, -0.1) is 0 Å². The van der Waals surface area contributed by atoms with Crippen LogP contribution < -0.4 is 9.80 Å². The summed E-state index contributed by atoms with van der Waals surface area (Å²) in [5, 5.41) is 0. The van der Waals surface area contributed by atoms with Gasteiger partial charge >= 0.3 is 0 Å². The van der Waals surface area contributed by atoms with E-state index in [1.807, 2.05) is 0 Å². The lowest BCUT2D eigenvalue weighted by Gasteiger charge is -2.43. The zero-order valence-electron chi connectivity index (χ0n) is 12.0. The topological polar surface area (TPSA) is 6.48 Å². The predicted molar refractivity (Wildman–Crippen MR) is 88.9 cm³/mol. The largest absolute Gasteiger partial charge is 0.366 e. The molecular formula is C15H23IN2. The molecule has 0 bridgehead atoms. The van der Waals surface area contributed by atoms with Crippen LogP contribution in [0.4, 0.5) is 11.4 Å². The number of fused-ring (bicyclic) bond motifs is 1. The first-order valence-electron chi connectivity index (χ1n) is 6.75. The van der Waals surface area contributed by atoms with E-state index in [1.54, 1.807) is 0 Å². The highest BCUT2D eigenvalue weighted by Gasteiger charge is 2.26. The van der Waals surface area contributed by atoms with Crippen LogP contribution in [-0.2, 0) is 0 Å². The zero-order chi connectivity index (χ0) is 13.4. The van der Waals surface area contributed by atoms with Crippen molar-refractivity contribution in [3.05, 3.63) is 21.3 Å². The Kier molecular flexibility index (Phi) is 4.09. The van der Waals surface area contributed by atoms with Gasteiger partial charge in [-0.3, -0.25) is 0 Å². The molecule has 1 aromatic rings. The third-order valence-electron chi connectivity index (χ3n) is 3.70. The van der Waals surface area contributed by atoms with Gasteiger partial charge in [0.15, 0.2) is 0 Å². The number of benzene rings is 1. The molecule has 1 heterocycles. The Labute approximate surface area is 124 Å². The van der Waals surface area contributed by atoms with E-state index in [2.05, 4.69) is 79.1 Å². The van der Waals surface area contributed by atoms with Crippen molar-refractivity contribution < 1.29 is 0 Å². The van der Waals surface area contributed by atoms with Crippen LogP contribution in [0.1, 0.15) is 33.3 Å². The highest BCUT2D eigenvalue weighted by Crippen LogP contribution is 2.37. The fourth-order valence-corrected chi connectivity index (χ4v) is 3.10. The number of hydrogen-bond acceptors (Lipinski definition) is 2. The molecule has 0 atom stereocenters. The molecule has 2 nitrogen and oxygen atoms in total. The molecule has 2 rings (SSSR count). The number of halogens is 1. The average molecular weight is 358 g/mol. The lowest BCUT2D eigenvalue weighted by atomic mass is 10.1. The minimum Gasteiger partial charge on any atom is -0.366 e. The van der Waals surface area contributed by atoms with Crippen molar-refractivity contribution in [3.63, 3.8) is 0 Å². The lowest BCUT2D eigenvalue weighted by Crippen LogP contribution is -2.46. The standard InChI is InChI=1S/C15H23IN2/c1-10(2)17-6-7-18(11(3)4)15-9-13(16)12(5)8-14(15)17/h8-11H,6-7H2,1-5H3. The summed E-state index contributed by atoms with van der Waals surface area (Å²) >= 11 is 2.44. The van der Waals surface area contributed by atoms with Crippen molar-refractivity contribution in [3.8, 4) is 0 Å². The van der Waals surface area contributed by atoms with Gasteiger partial charge in [0.25, 0.3) is 0 Å². The molecule has 0 spiro atoms. The maximum absolute atomic E-state index is 2.53. The molecule has 0 amide bonds. The van der Waals surface area contributed by atoms with Gasteiger partial charge in [0.2, 0.25) is 0 Å².